The molecule has 16 heavy (non-hydrogen) atoms. The summed E-state index contributed by atoms with van der Waals surface area (Å²) in [6.07, 6.45) is 4.46. The summed E-state index contributed by atoms with van der Waals surface area (Å²) in [4.78, 5) is 10.1. The van der Waals surface area contributed by atoms with Crippen LogP contribution in [0.1, 0.15) is 39.0 Å². The van der Waals surface area contributed by atoms with Gasteiger partial charge in [-0.3, -0.25) is 0 Å². The molecule has 0 radical (unpaired) electrons. The Hall–Kier alpha value is -1.05. The van der Waals surface area contributed by atoms with Crippen LogP contribution in [0.5, 0.6) is 0 Å². The third-order valence-electron chi connectivity index (χ3n) is 2.39. The van der Waals surface area contributed by atoms with E-state index in [4.69, 9.17) is 14.6 Å². The van der Waals surface area contributed by atoms with Crippen molar-refractivity contribution in [3.05, 3.63) is 0 Å². The van der Waals surface area contributed by atoms with Crippen molar-refractivity contribution in [2.45, 2.75) is 51.4 Å². The van der Waals surface area contributed by atoms with Crippen molar-refractivity contribution in [2.75, 3.05) is 6.61 Å². The fourth-order valence-electron chi connectivity index (χ4n) is 1.56. The van der Waals surface area contributed by atoms with Gasteiger partial charge in [0.25, 0.3) is 0 Å². The van der Waals surface area contributed by atoms with Crippen LogP contribution in [0.15, 0.2) is 0 Å². The van der Waals surface area contributed by atoms with Crippen molar-refractivity contribution in [3.63, 3.8) is 0 Å². The number of aliphatic carboxylic acids is 1. The summed E-state index contributed by atoms with van der Waals surface area (Å²) in [7, 11) is 0. The smallest absolute Gasteiger partial charge is 0.381 e. The van der Waals surface area contributed by atoms with Gasteiger partial charge in [-0.1, -0.05) is 5.92 Å². The number of hydrogen-bond donors (Lipinski definition) is 1. The van der Waals surface area contributed by atoms with Gasteiger partial charge in [-0.15, -0.1) is 0 Å². The quantitative estimate of drug-likeness (QED) is 0.742. The summed E-state index contributed by atoms with van der Waals surface area (Å²) in [5, 5.41) is 8.31. The highest BCUT2D eigenvalue weighted by atomic mass is 16.7. The first kappa shape index (κ1) is 13.0. The molecule has 2 atom stereocenters. The normalized spacial score (nSPS) is 21.9. The standard InChI is InChI=1S/C12H18O4/c1-10(6-2-3-7-11(13)14)16-12-8-4-5-9-15-12/h10,12H,2,4-6,8-9H2,1H3,(H,13,14)/t10-,12+/m1/s1. The summed E-state index contributed by atoms with van der Waals surface area (Å²) in [6.45, 7) is 2.73. The predicted octanol–water partition coefficient (Wildman–Crippen LogP) is 1.79. The molecule has 0 amide bonds. The summed E-state index contributed by atoms with van der Waals surface area (Å²) < 4.78 is 11.1. The van der Waals surface area contributed by atoms with Gasteiger partial charge in [0.1, 0.15) is 0 Å². The molecule has 1 aliphatic rings. The van der Waals surface area contributed by atoms with Gasteiger partial charge in [0, 0.05) is 18.9 Å². The van der Waals surface area contributed by atoms with E-state index >= 15 is 0 Å². The first-order valence-electron chi connectivity index (χ1n) is 5.67. The summed E-state index contributed by atoms with van der Waals surface area (Å²) in [5.41, 5.74) is 0. The molecule has 0 unspecified atom stereocenters. The largest absolute Gasteiger partial charge is 0.472 e. The molecule has 0 aromatic rings. The third kappa shape index (κ3) is 5.74. The fourth-order valence-corrected chi connectivity index (χ4v) is 1.56. The molecule has 0 aromatic heterocycles. The van der Waals surface area contributed by atoms with E-state index in [1.54, 1.807) is 0 Å². The molecule has 0 aliphatic carbocycles. The topological polar surface area (TPSA) is 55.8 Å². The van der Waals surface area contributed by atoms with Crippen LogP contribution in [0.25, 0.3) is 0 Å². The molecular formula is C12H18O4. The van der Waals surface area contributed by atoms with Gasteiger partial charge in [-0.2, -0.15) is 0 Å². The van der Waals surface area contributed by atoms with Crippen molar-refractivity contribution < 1.29 is 19.4 Å². The Morgan fingerprint density at radius 3 is 3.06 bits per heavy atom. The second-order valence-corrected chi connectivity index (χ2v) is 3.89. The van der Waals surface area contributed by atoms with E-state index in [0.717, 1.165) is 32.3 Å². The zero-order chi connectivity index (χ0) is 11.8. The van der Waals surface area contributed by atoms with Crippen LogP contribution in [0.4, 0.5) is 0 Å². The van der Waals surface area contributed by atoms with E-state index < -0.39 is 5.97 Å². The molecule has 90 valence electrons. The lowest BCUT2D eigenvalue weighted by atomic mass is 10.2. The lowest BCUT2D eigenvalue weighted by Gasteiger charge is -2.25. The fraction of sp³-hybridized carbons (Fsp3) is 0.750. The lowest BCUT2D eigenvalue weighted by Crippen LogP contribution is -2.26. The van der Waals surface area contributed by atoms with Gasteiger partial charge in [0.05, 0.1) is 6.10 Å². The van der Waals surface area contributed by atoms with Crippen molar-refractivity contribution in [1.29, 1.82) is 0 Å². The molecule has 1 heterocycles. The highest BCUT2D eigenvalue weighted by molar-refractivity contribution is 5.86. The summed E-state index contributed by atoms with van der Waals surface area (Å²) in [6, 6.07) is 0. The first-order chi connectivity index (χ1) is 7.68. The number of carboxylic acid groups (broad SMARTS) is 1. The predicted molar refractivity (Wildman–Crippen MR) is 58.8 cm³/mol. The molecule has 0 bridgehead atoms. The van der Waals surface area contributed by atoms with Gasteiger partial charge in [0.2, 0.25) is 0 Å². The first-order valence-corrected chi connectivity index (χ1v) is 5.67. The van der Waals surface area contributed by atoms with Crippen LogP contribution in [-0.4, -0.2) is 30.1 Å². The zero-order valence-electron chi connectivity index (χ0n) is 9.57. The van der Waals surface area contributed by atoms with E-state index in [-0.39, 0.29) is 12.4 Å². The molecule has 1 aliphatic heterocycles. The van der Waals surface area contributed by atoms with E-state index in [9.17, 15) is 4.79 Å². The maximum atomic E-state index is 10.1. The van der Waals surface area contributed by atoms with Gasteiger partial charge in [0.15, 0.2) is 6.29 Å². The number of rotatable bonds is 4. The van der Waals surface area contributed by atoms with Crippen LogP contribution in [0.3, 0.4) is 0 Å². The Kier molecular flexibility index (Phi) is 5.91. The number of ether oxygens (including phenoxy) is 2. The van der Waals surface area contributed by atoms with E-state index in [1.165, 1.54) is 0 Å². The van der Waals surface area contributed by atoms with Crippen molar-refractivity contribution in [3.8, 4) is 11.8 Å². The summed E-state index contributed by atoms with van der Waals surface area (Å²) >= 11 is 0. The Bertz CT molecular complexity index is 270. The Balaban J connectivity index is 2.13. The Labute approximate surface area is 95.9 Å². The third-order valence-corrected chi connectivity index (χ3v) is 2.39. The SMILES string of the molecule is C[C@H](CCC#CC(=O)O)O[C@H]1CCCCO1. The van der Waals surface area contributed by atoms with Crippen molar-refractivity contribution in [2.24, 2.45) is 0 Å². The van der Waals surface area contributed by atoms with Crippen LogP contribution in [0.2, 0.25) is 0 Å². The van der Waals surface area contributed by atoms with Gasteiger partial charge >= 0.3 is 5.97 Å². The van der Waals surface area contributed by atoms with Crippen LogP contribution < -0.4 is 0 Å². The minimum Gasteiger partial charge on any atom is -0.472 e. The molecule has 1 fully saturated rings. The average molecular weight is 226 g/mol. The number of carboxylic acids is 1. The lowest BCUT2D eigenvalue weighted by molar-refractivity contribution is -0.185. The molecule has 4 nitrogen and oxygen atoms in total. The van der Waals surface area contributed by atoms with E-state index in [1.807, 2.05) is 6.92 Å². The van der Waals surface area contributed by atoms with Gasteiger partial charge in [-0.25, -0.2) is 4.79 Å². The van der Waals surface area contributed by atoms with Crippen LogP contribution in [-0.2, 0) is 14.3 Å². The van der Waals surface area contributed by atoms with Crippen molar-refractivity contribution >= 4 is 5.97 Å². The molecule has 1 N–H and O–H groups in total. The number of carbonyl (C=O) groups is 1. The Morgan fingerprint density at radius 2 is 2.44 bits per heavy atom. The molecule has 1 saturated heterocycles. The Morgan fingerprint density at radius 1 is 1.62 bits per heavy atom. The molecule has 4 heteroatoms. The second-order valence-electron chi connectivity index (χ2n) is 3.89. The number of hydrogen-bond acceptors (Lipinski definition) is 3. The van der Waals surface area contributed by atoms with E-state index in [2.05, 4.69) is 11.8 Å². The molecule has 0 aromatic carbocycles. The van der Waals surface area contributed by atoms with Crippen molar-refractivity contribution in [1.82, 2.24) is 0 Å². The van der Waals surface area contributed by atoms with Gasteiger partial charge < -0.3 is 14.6 Å². The average Bonchev–Trinajstić information content (AvgIpc) is 2.25. The summed E-state index contributed by atoms with van der Waals surface area (Å²) in [5.74, 6) is 3.59. The maximum Gasteiger partial charge on any atom is 0.381 e. The maximum absolute atomic E-state index is 10.1. The van der Waals surface area contributed by atoms with E-state index in [0.29, 0.717) is 6.42 Å². The molecule has 0 saturated carbocycles. The van der Waals surface area contributed by atoms with Gasteiger partial charge in [-0.05, 0) is 32.6 Å². The molecular weight excluding hydrogens is 208 g/mol. The van der Waals surface area contributed by atoms with Crippen LogP contribution >= 0.6 is 0 Å². The highest BCUT2D eigenvalue weighted by Crippen LogP contribution is 2.16. The molecule has 0 spiro atoms. The highest BCUT2D eigenvalue weighted by Gasteiger charge is 2.16. The molecule has 1 rings (SSSR count). The monoisotopic (exact) mass is 226 g/mol. The second kappa shape index (κ2) is 7.26. The minimum atomic E-state index is -1.08. The van der Waals surface area contributed by atoms with Crippen LogP contribution in [0, 0.1) is 11.8 Å². The zero-order valence-corrected chi connectivity index (χ0v) is 9.57. The minimum absolute atomic E-state index is 0.0613.